The third-order valence-corrected chi connectivity index (χ3v) is 6.80. The second-order valence-electron chi connectivity index (χ2n) is 8.84. The SMILES string of the molecule is CCC(=O)N1CCC(C(=O)NCC(c2ccccc2C)N2CCC(C)CC2)CC1. The largest absolute Gasteiger partial charge is 0.354 e. The number of hydrogen-bond donors (Lipinski definition) is 1. The average Bonchev–Trinajstić information content (AvgIpc) is 2.75. The summed E-state index contributed by atoms with van der Waals surface area (Å²) in [5.41, 5.74) is 2.61. The van der Waals surface area contributed by atoms with Crippen molar-refractivity contribution in [3.8, 4) is 0 Å². The van der Waals surface area contributed by atoms with Crippen LogP contribution < -0.4 is 5.32 Å². The summed E-state index contributed by atoms with van der Waals surface area (Å²) in [5.74, 6) is 1.16. The molecule has 1 N–H and O–H groups in total. The van der Waals surface area contributed by atoms with Gasteiger partial charge in [-0.1, -0.05) is 38.1 Å². The summed E-state index contributed by atoms with van der Waals surface area (Å²) < 4.78 is 0. The maximum atomic E-state index is 12.9. The summed E-state index contributed by atoms with van der Waals surface area (Å²) in [6.45, 7) is 10.6. The molecule has 0 aromatic heterocycles. The molecule has 2 amide bonds. The molecule has 1 unspecified atom stereocenters. The van der Waals surface area contributed by atoms with Gasteiger partial charge in [0.15, 0.2) is 0 Å². The molecule has 0 bridgehead atoms. The molecule has 1 aromatic carbocycles. The van der Waals surface area contributed by atoms with Gasteiger partial charge in [-0.25, -0.2) is 0 Å². The number of carbonyl (C=O) groups is 2. The van der Waals surface area contributed by atoms with E-state index in [0.717, 1.165) is 31.8 Å². The van der Waals surface area contributed by atoms with Gasteiger partial charge in [-0.2, -0.15) is 0 Å². The molecule has 5 nitrogen and oxygen atoms in total. The van der Waals surface area contributed by atoms with Gasteiger partial charge in [0.25, 0.3) is 0 Å². The summed E-state index contributed by atoms with van der Waals surface area (Å²) in [5, 5.41) is 3.26. The maximum Gasteiger partial charge on any atom is 0.223 e. The van der Waals surface area contributed by atoms with Gasteiger partial charge in [-0.05, 0) is 62.7 Å². The van der Waals surface area contributed by atoms with Crippen LogP contribution in [0.3, 0.4) is 0 Å². The van der Waals surface area contributed by atoms with Crippen molar-refractivity contribution >= 4 is 11.8 Å². The Morgan fingerprint density at radius 2 is 1.72 bits per heavy atom. The number of carbonyl (C=O) groups excluding carboxylic acids is 2. The molecule has 2 aliphatic rings. The fraction of sp³-hybridized carbons (Fsp3) is 0.667. The summed E-state index contributed by atoms with van der Waals surface area (Å²) >= 11 is 0. The first-order chi connectivity index (χ1) is 14.0. The van der Waals surface area contributed by atoms with Crippen molar-refractivity contribution in [2.75, 3.05) is 32.7 Å². The van der Waals surface area contributed by atoms with Gasteiger partial charge in [0.2, 0.25) is 11.8 Å². The molecule has 0 aliphatic carbocycles. The van der Waals surface area contributed by atoms with Crippen molar-refractivity contribution in [2.24, 2.45) is 11.8 Å². The lowest BCUT2D eigenvalue weighted by molar-refractivity contribution is -0.135. The Labute approximate surface area is 175 Å². The second-order valence-corrected chi connectivity index (χ2v) is 8.84. The number of nitrogens with one attached hydrogen (secondary N) is 1. The highest BCUT2D eigenvalue weighted by Crippen LogP contribution is 2.28. The van der Waals surface area contributed by atoms with Crippen molar-refractivity contribution in [1.29, 1.82) is 0 Å². The molecule has 29 heavy (non-hydrogen) atoms. The first-order valence-corrected chi connectivity index (χ1v) is 11.3. The Balaban J connectivity index is 1.60. The van der Waals surface area contributed by atoms with Crippen LogP contribution in [0.25, 0.3) is 0 Å². The Bertz CT molecular complexity index is 689. The van der Waals surface area contributed by atoms with Crippen molar-refractivity contribution in [3.05, 3.63) is 35.4 Å². The Kier molecular flexibility index (Phi) is 7.70. The van der Waals surface area contributed by atoms with Crippen LogP contribution in [0.2, 0.25) is 0 Å². The highest BCUT2D eigenvalue weighted by atomic mass is 16.2. The number of piperidine rings is 2. The van der Waals surface area contributed by atoms with Crippen molar-refractivity contribution in [2.45, 2.75) is 58.9 Å². The minimum absolute atomic E-state index is 0.0230. The van der Waals surface area contributed by atoms with Gasteiger partial charge >= 0.3 is 0 Å². The number of amides is 2. The monoisotopic (exact) mass is 399 g/mol. The molecule has 1 atom stereocenters. The van der Waals surface area contributed by atoms with E-state index in [4.69, 9.17) is 0 Å². The van der Waals surface area contributed by atoms with E-state index in [0.29, 0.717) is 26.1 Å². The molecule has 0 radical (unpaired) electrons. The van der Waals surface area contributed by atoms with E-state index in [9.17, 15) is 9.59 Å². The van der Waals surface area contributed by atoms with Gasteiger partial charge in [0, 0.05) is 32.0 Å². The normalized spacial score (nSPS) is 20.4. The first kappa shape index (κ1) is 21.8. The van der Waals surface area contributed by atoms with Crippen LogP contribution in [0.5, 0.6) is 0 Å². The number of aryl methyl sites for hydroxylation is 1. The van der Waals surface area contributed by atoms with E-state index in [1.54, 1.807) is 0 Å². The van der Waals surface area contributed by atoms with Crippen LogP contribution in [0.4, 0.5) is 0 Å². The third-order valence-electron chi connectivity index (χ3n) is 6.80. The molecule has 0 spiro atoms. The highest BCUT2D eigenvalue weighted by Gasteiger charge is 2.29. The summed E-state index contributed by atoms with van der Waals surface area (Å²) in [6.07, 6.45) is 4.53. The summed E-state index contributed by atoms with van der Waals surface area (Å²) in [6, 6.07) is 8.79. The zero-order valence-electron chi connectivity index (χ0n) is 18.3. The molecule has 1 aromatic rings. The van der Waals surface area contributed by atoms with E-state index < -0.39 is 0 Å². The number of likely N-dealkylation sites (tertiary alicyclic amines) is 2. The zero-order valence-corrected chi connectivity index (χ0v) is 18.3. The Morgan fingerprint density at radius 1 is 1.07 bits per heavy atom. The molecule has 2 saturated heterocycles. The topological polar surface area (TPSA) is 52.7 Å². The van der Waals surface area contributed by atoms with E-state index in [2.05, 4.69) is 48.3 Å². The molecular formula is C24H37N3O2. The van der Waals surface area contributed by atoms with Crippen molar-refractivity contribution in [1.82, 2.24) is 15.1 Å². The number of benzene rings is 1. The number of hydrogen-bond acceptors (Lipinski definition) is 3. The molecular weight excluding hydrogens is 362 g/mol. The first-order valence-electron chi connectivity index (χ1n) is 11.3. The zero-order chi connectivity index (χ0) is 20.8. The fourth-order valence-corrected chi connectivity index (χ4v) is 4.69. The fourth-order valence-electron chi connectivity index (χ4n) is 4.69. The quantitative estimate of drug-likeness (QED) is 0.796. The second kappa shape index (κ2) is 10.2. The number of nitrogens with zero attached hydrogens (tertiary/aromatic N) is 2. The predicted octanol–water partition coefficient (Wildman–Crippen LogP) is 3.53. The lowest BCUT2D eigenvalue weighted by Gasteiger charge is -2.38. The smallest absolute Gasteiger partial charge is 0.223 e. The van der Waals surface area contributed by atoms with Crippen LogP contribution in [-0.2, 0) is 9.59 Å². The standard InChI is InChI=1S/C24H37N3O2/c1-4-23(28)27-15-11-20(12-16-27)24(29)25-17-22(21-8-6-5-7-19(21)3)26-13-9-18(2)10-14-26/h5-8,18,20,22H,4,9-17H2,1-3H3,(H,25,29). The van der Waals surface area contributed by atoms with Gasteiger partial charge in [-0.15, -0.1) is 0 Å². The van der Waals surface area contributed by atoms with Crippen LogP contribution in [0.1, 0.15) is 63.1 Å². The van der Waals surface area contributed by atoms with E-state index in [1.807, 2.05) is 11.8 Å². The van der Waals surface area contributed by atoms with Gasteiger partial charge in [-0.3, -0.25) is 14.5 Å². The van der Waals surface area contributed by atoms with Gasteiger partial charge < -0.3 is 10.2 Å². The predicted molar refractivity (Wildman–Crippen MR) is 116 cm³/mol. The van der Waals surface area contributed by atoms with Crippen LogP contribution in [-0.4, -0.2) is 54.3 Å². The van der Waals surface area contributed by atoms with E-state index in [-0.39, 0.29) is 23.8 Å². The van der Waals surface area contributed by atoms with Gasteiger partial charge in [0.1, 0.15) is 0 Å². The summed E-state index contributed by atoms with van der Waals surface area (Å²) in [4.78, 5) is 29.2. The summed E-state index contributed by atoms with van der Waals surface area (Å²) in [7, 11) is 0. The Hall–Kier alpha value is -1.88. The third kappa shape index (κ3) is 5.59. The van der Waals surface area contributed by atoms with E-state index >= 15 is 0 Å². The Morgan fingerprint density at radius 3 is 2.34 bits per heavy atom. The minimum atomic E-state index is 0.0230. The molecule has 2 fully saturated rings. The molecule has 5 heteroatoms. The van der Waals surface area contributed by atoms with Gasteiger partial charge in [0.05, 0.1) is 6.04 Å². The highest BCUT2D eigenvalue weighted by molar-refractivity contribution is 5.80. The van der Waals surface area contributed by atoms with Crippen molar-refractivity contribution in [3.63, 3.8) is 0 Å². The number of rotatable bonds is 6. The molecule has 2 heterocycles. The molecule has 160 valence electrons. The molecule has 0 saturated carbocycles. The minimum Gasteiger partial charge on any atom is -0.354 e. The molecule has 2 aliphatic heterocycles. The van der Waals surface area contributed by atoms with E-state index in [1.165, 1.54) is 24.0 Å². The maximum absolute atomic E-state index is 12.9. The van der Waals surface area contributed by atoms with Crippen LogP contribution in [0.15, 0.2) is 24.3 Å². The van der Waals surface area contributed by atoms with Crippen molar-refractivity contribution < 1.29 is 9.59 Å². The average molecular weight is 400 g/mol. The lowest BCUT2D eigenvalue weighted by Crippen LogP contribution is -2.46. The van der Waals surface area contributed by atoms with Crippen LogP contribution >= 0.6 is 0 Å². The van der Waals surface area contributed by atoms with Crippen LogP contribution in [0, 0.1) is 18.8 Å². The lowest BCUT2D eigenvalue weighted by atomic mass is 9.93. The molecule has 3 rings (SSSR count).